The highest BCUT2D eigenvalue weighted by Gasteiger charge is 2.36. The van der Waals surface area contributed by atoms with Crippen molar-refractivity contribution >= 4 is 11.7 Å². The summed E-state index contributed by atoms with van der Waals surface area (Å²) in [5.41, 5.74) is 2.31. The minimum absolute atomic E-state index is 0.0542. The lowest BCUT2D eigenvalue weighted by atomic mass is 9.89. The summed E-state index contributed by atoms with van der Waals surface area (Å²) < 4.78 is 1.91. The molecule has 2 aromatic heterocycles. The summed E-state index contributed by atoms with van der Waals surface area (Å²) in [6.07, 6.45) is 6.71. The van der Waals surface area contributed by atoms with Gasteiger partial charge in [0.25, 0.3) is 5.56 Å². The van der Waals surface area contributed by atoms with E-state index in [4.69, 9.17) is 0 Å². The van der Waals surface area contributed by atoms with Crippen LogP contribution in [0.4, 0.5) is 5.82 Å². The lowest BCUT2D eigenvalue weighted by Crippen LogP contribution is -2.28. The van der Waals surface area contributed by atoms with Gasteiger partial charge in [0.05, 0.1) is 17.3 Å². The number of aromatic nitrogens is 4. The molecule has 1 aliphatic heterocycles. The Bertz CT molecular complexity index is 853. The number of hydrogen-bond donors (Lipinski definition) is 3. The molecule has 0 radical (unpaired) electrons. The first kappa shape index (κ1) is 16.2. The second kappa shape index (κ2) is 6.20. The monoisotopic (exact) mass is 343 g/mol. The highest BCUT2D eigenvalue weighted by Crippen LogP contribution is 2.38. The summed E-state index contributed by atoms with van der Waals surface area (Å²) in [4.78, 5) is 33.0. The van der Waals surface area contributed by atoms with Crippen LogP contribution in [0.1, 0.15) is 80.2 Å². The van der Waals surface area contributed by atoms with Gasteiger partial charge < -0.3 is 10.3 Å². The van der Waals surface area contributed by atoms with Crippen molar-refractivity contribution in [2.45, 2.75) is 70.8 Å². The first-order chi connectivity index (χ1) is 12.1. The molecule has 4 rings (SSSR count). The first-order valence-electron chi connectivity index (χ1n) is 9.28. The van der Waals surface area contributed by atoms with Crippen molar-refractivity contribution in [3.8, 4) is 0 Å². The largest absolute Gasteiger partial charge is 0.346 e. The van der Waals surface area contributed by atoms with Gasteiger partial charge in [-0.15, -0.1) is 0 Å². The van der Waals surface area contributed by atoms with Crippen LogP contribution in [-0.2, 0) is 11.2 Å². The van der Waals surface area contributed by atoms with E-state index in [1.54, 1.807) is 0 Å². The topological polar surface area (TPSA) is 95.6 Å². The fourth-order valence-corrected chi connectivity index (χ4v) is 4.28. The lowest BCUT2D eigenvalue weighted by Gasteiger charge is -2.27. The van der Waals surface area contributed by atoms with Crippen LogP contribution >= 0.6 is 0 Å². The van der Waals surface area contributed by atoms with Crippen LogP contribution < -0.4 is 10.9 Å². The number of amides is 1. The van der Waals surface area contributed by atoms with Gasteiger partial charge in [-0.05, 0) is 19.8 Å². The molecule has 0 saturated heterocycles. The fraction of sp³-hybridized carbons (Fsp3) is 0.611. The zero-order valence-electron chi connectivity index (χ0n) is 14.8. The average molecular weight is 343 g/mol. The number of carbonyl (C=O) groups excluding carboxylic acids is 1. The van der Waals surface area contributed by atoms with E-state index in [-0.39, 0.29) is 29.8 Å². The number of anilines is 1. The van der Waals surface area contributed by atoms with Gasteiger partial charge >= 0.3 is 0 Å². The van der Waals surface area contributed by atoms with Crippen LogP contribution in [0.15, 0.2) is 4.79 Å². The highest BCUT2D eigenvalue weighted by atomic mass is 16.2. The molecule has 3 heterocycles. The Morgan fingerprint density at radius 2 is 1.96 bits per heavy atom. The van der Waals surface area contributed by atoms with E-state index in [2.05, 4.69) is 20.4 Å². The number of H-pyrrole nitrogens is 2. The van der Waals surface area contributed by atoms with Gasteiger partial charge in [-0.25, -0.2) is 4.98 Å². The molecule has 1 amide bonds. The normalized spacial score (nSPS) is 21.2. The van der Waals surface area contributed by atoms with Crippen molar-refractivity contribution in [1.29, 1.82) is 0 Å². The van der Waals surface area contributed by atoms with E-state index in [1.807, 2.05) is 18.5 Å². The predicted octanol–water partition coefficient (Wildman–Crippen LogP) is 2.75. The van der Waals surface area contributed by atoms with Gasteiger partial charge in [0.2, 0.25) is 5.91 Å². The molecule has 7 heteroatoms. The maximum Gasteiger partial charge on any atom is 0.270 e. The summed E-state index contributed by atoms with van der Waals surface area (Å²) in [7, 11) is 0. The SMILES string of the molecule is CCc1nc(C2CC(=O)Nc3c2c(=O)[nH]n3C2CCCCC2)c(C)[nH]1. The van der Waals surface area contributed by atoms with Gasteiger partial charge in [0, 0.05) is 24.5 Å². The third kappa shape index (κ3) is 2.71. The van der Waals surface area contributed by atoms with Crippen molar-refractivity contribution in [2.75, 3.05) is 5.32 Å². The number of aryl methyl sites for hydroxylation is 2. The summed E-state index contributed by atoms with van der Waals surface area (Å²) in [5.74, 6) is 1.21. The fourth-order valence-electron chi connectivity index (χ4n) is 4.28. The predicted molar refractivity (Wildman–Crippen MR) is 95.0 cm³/mol. The molecule has 0 bridgehead atoms. The number of nitrogens with one attached hydrogen (secondary N) is 3. The molecule has 0 aromatic carbocycles. The molecule has 2 aliphatic rings. The molecule has 25 heavy (non-hydrogen) atoms. The number of aromatic amines is 2. The zero-order chi connectivity index (χ0) is 17.6. The van der Waals surface area contributed by atoms with Crippen LogP contribution in [-0.4, -0.2) is 25.7 Å². The van der Waals surface area contributed by atoms with E-state index in [9.17, 15) is 9.59 Å². The van der Waals surface area contributed by atoms with E-state index in [0.29, 0.717) is 11.4 Å². The molecule has 1 atom stereocenters. The Hall–Kier alpha value is -2.31. The zero-order valence-corrected chi connectivity index (χ0v) is 14.8. The van der Waals surface area contributed by atoms with Crippen LogP contribution in [0.2, 0.25) is 0 Å². The van der Waals surface area contributed by atoms with Crippen molar-refractivity contribution in [3.05, 3.63) is 33.1 Å². The third-order valence-electron chi connectivity index (χ3n) is 5.53. The second-order valence-electron chi connectivity index (χ2n) is 7.22. The molecule has 3 N–H and O–H groups in total. The van der Waals surface area contributed by atoms with Gasteiger partial charge in [-0.1, -0.05) is 26.2 Å². The minimum Gasteiger partial charge on any atom is -0.346 e. The number of rotatable bonds is 3. The van der Waals surface area contributed by atoms with Gasteiger partial charge in [0.1, 0.15) is 11.6 Å². The molecule has 1 saturated carbocycles. The Balaban J connectivity index is 1.80. The van der Waals surface area contributed by atoms with Crippen molar-refractivity contribution < 1.29 is 4.79 Å². The minimum atomic E-state index is -0.283. The van der Waals surface area contributed by atoms with E-state index < -0.39 is 0 Å². The molecule has 7 nitrogen and oxygen atoms in total. The highest BCUT2D eigenvalue weighted by molar-refractivity contribution is 5.94. The first-order valence-corrected chi connectivity index (χ1v) is 9.28. The Kier molecular flexibility index (Phi) is 4.01. The van der Waals surface area contributed by atoms with Gasteiger partial charge in [-0.3, -0.25) is 19.4 Å². The van der Waals surface area contributed by atoms with Gasteiger partial charge in [0.15, 0.2) is 0 Å². The quantitative estimate of drug-likeness (QED) is 0.799. The number of nitrogens with zero attached hydrogens (tertiary/aromatic N) is 2. The van der Waals surface area contributed by atoms with Crippen LogP contribution in [0.5, 0.6) is 0 Å². The van der Waals surface area contributed by atoms with Crippen LogP contribution in [0, 0.1) is 6.92 Å². The summed E-state index contributed by atoms with van der Waals surface area (Å²) >= 11 is 0. The van der Waals surface area contributed by atoms with E-state index >= 15 is 0 Å². The van der Waals surface area contributed by atoms with Crippen molar-refractivity contribution in [2.24, 2.45) is 0 Å². The standard InChI is InChI=1S/C18H25N5O2/c1-3-13-19-10(2)16(20-13)12-9-14(24)21-17-15(12)18(25)22-23(17)11-7-5-4-6-8-11/h11-12H,3-9H2,1-2H3,(H,19,20)(H,21,24)(H,22,25). The number of carbonyl (C=O) groups is 1. The Morgan fingerprint density at radius 1 is 1.20 bits per heavy atom. The molecule has 1 fully saturated rings. The molecule has 134 valence electrons. The van der Waals surface area contributed by atoms with Gasteiger partial charge in [-0.2, -0.15) is 0 Å². The summed E-state index contributed by atoms with van der Waals surface area (Å²) in [6, 6.07) is 0.260. The molecule has 0 spiro atoms. The Morgan fingerprint density at radius 3 is 2.64 bits per heavy atom. The molecular weight excluding hydrogens is 318 g/mol. The van der Waals surface area contributed by atoms with Crippen LogP contribution in [0.3, 0.4) is 0 Å². The third-order valence-corrected chi connectivity index (χ3v) is 5.53. The molecule has 1 unspecified atom stereocenters. The number of imidazole rings is 1. The summed E-state index contributed by atoms with van der Waals surface area (Å²) in [5, 5.41) is 5.94. The van der Waals surface area contributed by atoms with Crippen molar-refractivity contribution in [1.82, 2.24) is 19.7 Å². The maximum absolute atomic E-state index is 12.7. The van der Waals surface area contributed by atoms with Crippen LogP contribution in [0.25, 0.3) is 0 Å². The molecule has 1 aliphatic carbocycles. The smallest absolute Gasteiger partial charge is 0.270 e. The maximum atomic E-state index is 12.7. The molecule has 2 aromatic rings. The number of fused-ring (bicyclic) bond motifs is 1. The second-order valence-corrected chi connectivity index (χ2v) is 7.22. The van der Waals surface area contributed by atoms with Crippen molar-refractivity contribution in [3.63, 3.8) is 0 Å². The molecular formula is C18H25N5O2. The average Bonchev–Trinajstić information content (AvgIpc) is 3.15. The van der Waals surface area contributed by atoms with E-state index in [1.165, 1.54) is 6.42 Å². The summed E-state index contributed by atoms with van der Waals surface area (Å²) in [6.45, 7) is 3.99. The van der Waals surface area contributed by atoms with E-state index in [0.717, 1.165) is 49.3 Å². The number of hydrogen-bond acceptors (Lipinski definition) is 3. The Labute approximate surface area is 146 Å². The lowest BCUT2D eigenvalue weighted by molar-refractivity contribution is -0.116.